The molecule has 0 aliphatic heterocycles. The normalized spacial score (nSPS) is 12.2. The predicted molar refractivity (Wildman–Crippen MR) is 73.7 cm³/mol. The lowest BCUT2D eigenvalue weighted by atomic mass is 10.2. The fourth-order valence-electron chi connectivity index (χ4n) is 1.78. The Morgan fingerprint density at radius 3 is 2.68 bits per heavy atom. The first-order valence-corrected chi connectivity index (χ1v) is 6.51. The average molecular weight is 273 g/mol. The van der Waals surface area contributed by atoms with Gasteiger partial charge >= 0.3 is 0 Å². The molecule has 0 bridgehead atoms. The molecule has 2 aromatic heterocycles. The largest absolute Gasteiger partial charge is 0.497 e. The molecule has 96 valence electrons. The molecule has 2 heterocycles. The van der Waals surface area contributed by atoms with Crippen LogP contribution >= 0.6 is 11.3 Å². The standard InChI is InChI=1S/C13H11N3O2S/c1-8-14-13-16(15-8)12(17)11(19-13)7-9-3-5-10(18-2)6-4-9/h3-7H,1-2H3/b11-7-. The van der Waals surface area contributed by atoms with E-state index in [4.69, 9.17) is 4.74 Å². The van der Waals surface area contributed by atoms with Gasteiger partial charge in [-0.25, -0.2) is 4.98 Å². The zero-order valence-corrected chi connectivity index (χ0v) is 11.3. The van der Waals surface area contributed by atoms with Gasteiger partial charge in [-0.15, -0.1) is 5.10 Å². The van der Waals surface area contributed by atoms with Gasteiger partial charge in [0, 0.05) is 0 Å². The van der Waals surface area contributed by atoms with Crippen molar-refractivity contribution in [3.05, 3.63) is 50.5 Å². The first-order chi connectivity index (χ1) is 9.17. The molecule has 19 heavy (non-hydrogen) atoms. The molecule has 0 radical (unpaired) electrons. The first kappa shape index (κ1) is 11.9. The van der Waals surface area contributed by atoms with E-state index in [1.165, 1.54) is 15.9 Å². The third-order valence-electron chi connectivity index (χ3n) is 2.70. The molecule has 5 nitrogen and oxygen atoms in total. The van der Waals surface area contributed by atoms with E-state index >= 15 is 0 Å². The second-order valence-electron chi connectivity index (χ2n) is 4.04. The predicted octanol–water partition coefficient (Wildman–Crippen LogP) is 1.02. The number of hydrogen-bond donors (Lipinski definition) is 0. The van der Waals surface area contributed by atoms with Crippen LogP contribution in [0.1, 0.15) is 11.4 Å². The highest BCUT2D eigenvalue weighted by Gasteiger charge is 2.07. The molecule has 0 aliphatic rings. The summed E-state index contributed by atoms with van der Waals surface area (Å²) in [5, 5.41) is 4.07. The van der Waals surface area contributed by atoms with Crippen LogP contribution in [-0.4, -0.2) is 21.7 Å². The minimum Gasteiger partial charge on any atom is -0.497 e. The van der Waals surface area contributed by atoms with Gasteiger partial charge in [-0.1, -0.05) is 23.5 Å². The molecule has 6 heteroatoms. The number of benzene rings is 1. The summed E-state index contributed by atoms with van der Waals surface area (Å²) in [4.78, 5) is 16.9. The molecule has 0 saturated heterocycles. The maximum Gasteiger partial charge on any atom is 0.291 e. The van der Waals surface area contributed by atoms with Gasteiger partial charge in [-0.05, 0) is 30.7 Å². The number of methoxy groups -OCH3 is 1. The van der Waals surface area contributed by atoms with E-state index < -0.39 is 0 Å². The Kier molecular flexibility index (Phi) is 2.79. The lowest BCUT2D eigenvalue weighted by molar-refractivity contribution is 0.415. The average Bonchev–Trinajstić information content (AvgIpc) is 2.90. The van der Waals surface area contributed by atoms with Crippen LogP contribution in [0.25, 0.3) is 11.0 Å². The minimum atomic E-state index is -0.128. The van der Waals surface area contributed by atoms with Gasteiger partial charge in [0.2, 0.25) is 4.96 Å². The Morgan fingerprint density at radius 1 is 1.32 bits per heavy atom. The lowest BCUT2D eigenvalue weighted by Gasteiger charge is -1.98. The second kappa shape index (κ2) is 4.47. The fourth-order valence-corrected chi connectivity index (χ4v) is 2.74. The van der Waals surface area contributed by atoms with Gasteiger partial charge in [-0.2, -0.15) is 4.52 Å². The van der Waals surface area contributed by atoms with Crippen molar-refractivity contribution in [3.63, 3.8) is 0 Å². The second-order valence-corrected chi connectivity index (χ2v) is 5.05. The van der Waals surface area contributed by atoms with E-state index in [9.17, 15) is 4.79 Å². The van der Waals surface area contributed by atoms with Crippen molar-refractivity contribution in [3.8, 4) is 5.75 Å². The third-order valence-corrected chi connectivity index (χ3v) is 3.66. The van der Waals surface area contributed by atoms with Crippen molar-refractivity contribution in [2.24, 2.45) is 0 Å². The molecule has 0 fully saturated rings. The van der Waals surface area contributed by atoms with Crippen LogP contribution in [0.5, 0.6) is 5.75 Å². The monoisotopic (exact) mass is 273 g/mol. The smallest absolute Gasteiger partial charge is 0.291 e. The number of thiazole rings is 1. The van der Waals surface area contributed by atoms with Gasteiger partial charge in [-0.3, -0.25) is 4.79 Å². The van der Waals surface area contributed by atoms with Crippen LogP contribution in [0.15, 0.2) is 29.1 Å². The molecule has 0 spiro atoms. The molecule has 0 amide bonds. The molecule has 0 atom stereocenters. The molecule has 3 rings (SSSR count). The minimum absolute atomic E-state index is 0.128. The van der Waals surface area contributed by atoms with Crippen molar-refractivity contribution in [1.82, 2.24) is 14.6 Å². The molecular weight excluding hydrogens is 262 g/mol. The summed E-state index contributed by atoms with van der Waals surface area (Å²) in [6.45, 7) is 1.77. The Labute approximate surface area is 112 Å². The maximum atomic E-state index is 12.1. The van der Waals surface area contributed by atoms with Crippen LogP contribution in [-0.2, 0) is 0 Å². The van der Waals surface area contributed by atoms with E-state index in [2.05, 4.69) is 10.1 Å². The number of fused-ring (bicyclic) bond motifs is 1. The van der Waals surface area contributed by atoms with Crippen molar-refractivity contribution in [2.45, 2.75) is 6.92 Å². The zero-order chi connectivity index (χ0) is 13.4. The van der Waals surface area contributed by atoms with Crippen LogP contribution < -0.4 is 14.8 Å². The van der Waals surface area contributed by atoms with Crippen LogP contribution in [0.4, 0.5) is 0 Å². The van der Waals surface area contributed by atoms with Crippen LogP contribution in [0, 0.1) is 6.92 Å². The summed E-state index contributed by atoms with van der Waals surface area (Å²) in [7, 11) is 1.62. The summed E-state index contributed by atoms with van der Waals surface area (Å²) in [6.07, 6.45) is 1.83. The van der Waals surface area contributed by atoms with Crippen molar-refractivity contribution >= 4 is 22.4 Å². The van der Waals surface area contributed by atoms with Crippen molar-refractivity contribution in [2.75, 3.05) is 7.11 Å². The van der Waals surface area contributed by atoms with Crippen molar-refractivity contribution in [1.29, 1.82) is 0 Å². The van der Waals surface area contributed by atoms with Gasteiger partial charge in [0.25, 0.3) is 5.56 Å². The Morgan fingerprint density at radius 2 is 2.05 bits per heavy atom. The number of aromatic nitrogens is 3. The number of aryl methyl sites for hydroxylation is 1. The Balaban J connectivity index is 2.11. The summed E-state index contributed by atoms with van der Waals surface area (Å²) >= 11 is 1.34. The fraction of sp³-hybridized carbons (Fsp3) is 0.154. The highest BCUT2D eigenvalue weighted by molar-refractivity contribution is 7.15. The first-order valence-electron chi connectivity index (χ1n) is 5.69. The van der Waals surface area contributed by atoms with E-state index in [-0.39, 0.29) is 5.56 Å². The Hall–Kier alpha value is -2.21. The van der Waals surface area contributed by atoms with Gasteiger partial charge < -0.3 is 4.74 Å². The lowest BCUT2D eigenvalue weighted by Crippen LogP contribution is -2.23. The number of ether oxygens (including phenoxy) is 1. The zero-order valence-electron chi connectivity index (χ0n) is 10.5. The summed E-state index contributed by atoms with van der Waals surface area (Å²) < 4.78 is 7.06. The van der Waals surface area contributed by atoms with E-state index in [1.807, 2.05) is 30.3 Å². The molecule has 0 N–H and O–H groups in total. The molecule has 0 unspecified atom stereocenters. The maximum absolute atomic E-state index is 12.1. The number of nitrogens with zero attached hydrogens (tertiary/aromatic N) is 3. The molecular formula is C13H11N3O2S. The van der Waals surface area contributed by atoms with E-state index in [1.54, 1.807) is 14.0 Å². The SMILES string of the molecule is COc1ccc(/C=c2\sc3nc(C)nn3c2=O)cc1. The molecule has 3 aromatic rings. The van der Waals surface area contributed by atoms with E-state index in [0.29, 0.717) is 15.3 Å². The number of rotatable bonds is 2. The molecule has 0 saturated carbocycles. The van der Waals surface area contributed by atoms with Gasteiger partial charge in [0.1, 0.15) is 11.6 Å². The topological polar surface area (TPSA) is 56.5 Å². The summed E-state index contributed by atoms with van der Waals surface area (Å²) in [6, 6.07) is 7.52. The summed E-state index contributed by atoms with van der Waals surface area (Å²) in [5.74, 6) is 1.40. The highest BCUT2D eigenvalue weighted by atomic mass is 32.1. The molecule has 0 aliphatic carbocycles. The summed E-state index contributed by atoms with van der Waals surface area (Å²) in [5.41, 5.74) is 0.815. The quantitative estimate of drug-likeness (QED) is 0.699. The highest BCUT2D eigenvalue weighted by Crippen LogP contribution is 2.11. The van der Waals surface area contributed by atoms with E-state index in [0.717, 1.165) is 11.3 Å². The Bertz CT molecular complexity index is 833. The molecule has 1 aromatic carbocycles. The van der Waals surface area contributed by atoms with Crippen LogP contribution in [0.2, 0.25) is 0 Å². The van der Waals surface area contributed by atoms with Gasteiger partial charge in [0.15, 0.2) is 0 Å². The van der Waals surface area contributed by atoms with Gasteiger partial charge in [0.05, 0.1) is 11.6 Å². The third kappa shape index (κ3) is 2.10. The van der Waals surface area contributed by atoms with Crippen LogP contribution in [0.3, 0.4) is 0 Å². The van der Waals surface area contributed by atoms with Crippen molar-refractivity contribution < 1.29 is 4.74 Å². The number of hydrogen-bond acceptors (Lipinski definition) is 5.